The Morgan fingerprint density at radius 3 is 2.82 bits per heavy atom. The van der Waals surface area contributed by atoms with Gasteiger partial charge in [0.25, 0.3) is 5.89 Å². The number of rotatable bonds is 3. The number of fused-ring (bicyclic) bond motifs is 2. The molecule has 0 spiro atoms. The highest BCUT2D eigenvalue weighted by Crippen LogP contribution is 2.28. The first-order chi connectivity index (χ1) is 10.7. The first-order valence-corrected chi connectivity index (χ1v) is 7.51. The summed E-state index contributed by atoms with van der Waals surface area (Å²) in [5.41, 5.74) is 0.769. The number of phenols is 1. The molecule has 2 aliphatic heterocycles. The largest absolute Gasteiger partial charge is 0.508 e. The van der Waals surface area contributed by atoms with Gasteiger partial charge in [-0.1, -0.05) is 0 Å². The van der Waals surface area contributed by atoms with Crippen molar-refractivity contribution in [1.82, 2.24) is 15.6 Å². The Kier molecular flexibility index (Phi) is 3.11. The van der Waals surface area contributed by atoms with Crippen molar-refractivity contribution in [2.24, 2.45) is 0 Å². The zero-order chi connectivity index (χ0) is 15.1. The molecule has 2 bridgehead atoms. The molecule has 1 aromatic carbocycles. The van der Waals surface area contributed by atoms with Crippen molar-refractivity contribution < 1.29 is 14.3 Å². The molecule has 2 fully saturated rings. The SMILES string of the molecule is O=C(NC1CC2CCC1N2)c1ncc(-c2ccc(O)cc2)o1. The van der Waals surface area contributed by atoms with Crippen LogP contribution in [0.1, 0.15) is 29.9 Å². The van der Waals surface area contributed by atoms with Crippen LogP contribution in [-0.4, -0.2) is 34.1 Å². The smallest absolute Gasteiger partial charge is 0.307 e. The minimum absolute atomic E-state index is 0.0749. The summed E-state index contributed by atoms with van der Waals surface area (Å²) in [7, 11) is 0. The van der Waals surface area contributed by atoms with Crippen LogP contribution in [0.25, 0.3) is 11.3 Å². The average molecular weight is 299 g/mol. The molecule has 0 saturated carbocycles. The topological polar surface area (TPSA) is 87.4 Å². The van der Waals surface area contributed by atoms with E-state index in [-0.39, 0.29) is 23.6 Å². The van der Waals surface area contributed by atoms with Crippen molar-refractivity contribution in [2.45, 2.75) is 37.4 Å². The third-order valence-corrected chi connectivity index (χ3v) is 4.47. The van der Waals surface area contributed by atoms with Gasteiger partial charge in [-0.25, -0.2) is 4.98 Å². The first-order valence-electron chi connectivity index (χ1n) is 7.51. The van der Waals surface area contributed by atoms with E-state index in [1.54, 1.807) is 24.3 Å². The van der Waals surface area contributed by atoms with Gasteiger partial charge in [-0.2, -0.15) is 0 Å². The number of nitrogens with zero attached hydrogens (tertiary/aromatic N) is 1. The predicted octanol–water partition coefficient (Wildman–Crippen LogP) is 1.67. The highest BCUT2D eigenvalue weighted by atomic mass is 16.4. The number of nitrogens with one attached hydrogen (secondary N) is 2. The lowest BCUT2D eigenvalue weighted by atomic mass is 9.95. The van der Waals surface area contributed by atoms with Gasteiger partial charge in [0, 0.05) is 23.7 Å². The van der Waals surface area contributed by atoms with E-state index in [0.717, 1.165) is 18.4 Å². The molecule has 6 nitrogen and oxygen atoms in total. The molecule has 3 atom stereocenters. The lowest BCUT2D eigenvalue weighted by Gasteiger charge is -2.20. The number of hydrogen-bond acceptors (Lipinski definition) is 5. The molecule has 1 aromatic heterocycles. The summed E-state index contributed by atoms with van der Waals surface area (Å²) in [5, 5.41) is 15.8. The van der Waals surface area contributed by atoms with Crippen LogP contribution < -0.4 is 10.6 Å². The van der Waals surface area contributed by atoms with Crippen molar-refractivity contribution in [3.8, 4) is 17.1 Å². The van der Waals surface area contributed by atoms with Gasteiger partial charge in [-0.05, 0) is 43.5 Å². The molecule has 3 heterocycles. The van der Waals surface area contributed by atoms with E-state index in [1.807, 2.05) is 0 Å². The van der Waals surface area contributed by atoms with E-state index in [9.17, 15) is 9.90 Å². The molecule has 22 heavy (non-hydrogen) atoms. The van der Waals surface area contributed by atoms with Crippen molar-refractivity contribution in [1.29, 1.82) is 0 Å². The molecule has 114 valence electrons. The standard InChI is InChI=1S/C16H17N3O3/c20-11-4-1-9(2-5-11)14-8-17-16(22-14)15(21)19-13-7-10-3-6-12(13)18-10/h1-2,4-5,8,10,12-13,18,20H,3,6-7H2,(H,19,21). The molecular weight excluding hydrogens is 282 g/mol. The Labute approximate surface area is 127 Å². The number of phenolic OH excluding ortho intramolecular Hbond substituents is 1. The highest BCUT2D eigenvalue weighted by Gasteiger charge is 2.40. The molecule has 0 radical (unpaired) electrons. The molecule has 2 aliphatic rings. The molecule has 4 rings (SSSR count). The second kappa shape index (κ2) is 5.14. The number of amides is 1. The average Bonchev–Trinajstić information content (AvgIpc) is 3.24. The van der Waals surface area contributed by atoms with E-state index in [4.69, 9.17) is 4.42 Å². The van der Waals surface area contributed by atoms with Gasteiger partial charge in [-0.15, -0.1) is 0 Å². The fraction of sp³-hybridized carbons (Fsp3) is 0.375. The van der Waals surface area contributed by atoms with E-state index in [1.165, 1.54) is 12.6 Å². The summed E-state index contributed by atoms with van der Waals surface area (Å²) < 4.78 is 5.54. The van der Waals surface area contributed by atoms with Gasteiger partial charge in [0.15, 0.2) is 5.76 Å². The minimum Gasteiger partial charge on any atom is -0.508 e. The van der Waals surface area contributed by atoms with Crippen LogP contribution in [0.3, 0.4) is 0 Å². The van der Waals surface area contributed by atoms with Gasteiger partial charge in [0.05, 0.1) is 6.20 Å². The summed E-state index contributed by atoms with van der Waals surface area (Å²) >= 11 is 0. The normalized spacial score (nSPS) is 26.3. The summed E-state index contributed by atoms with van der Waals surface area (Å²) in [6.07, 6.45) is 4.81. The number of hydrogen-bond donors (Lipinski definition) is 3. The Hall–Kier alpha value is -2.34. The van der Waals surface area contributed by atoms with Crippen molar-refractivity contribution in [2.75, 3.05) is 0 Å². The van der Waals surface area contributed by atoms with Crippen LogP contribution in [0.4, 0.5) is 0 Å². The Morgan fingerprint density at radius 1 is 1.32 bits per heavy atom. The summed E-state index contributed by atoms with van der Waals surface area (Å²) in [4.78, 5) is 16.3. The van der Waals surface area contributed by atoms with E-state index < -0.39 is 0 Å². The second-order valence-electron chi connectivity index (χ2n) is 5.94. The van der Waals surface area contributed by atoms with Gasteiger partial charge in [0.1, 0.15) is 5.75 Å². The van der Waals surface area contributed by atoms with Crippen molar-refractivity contribution >= 4 is 5.91 Å². The molecule has 3 unspecified atom stereocenters. The molecule has 3 N–H and O–H groups in total. The fourth-order valence-corrected chi connectivity index (χ4v) is 3.35. The second-order valence-corrected chi connectivity index (χ2v) is 5.94. The monoisotopic (exact) mass is 299 g/mol. The number of aromatic nitrogens is 1. The van der Waals surface area contributed by atoms with Gasteiger partial charge >= 0.3 is 5.91 Å². The van der Waals surface area contributed by atoms with Crippen LogP contribution in [0, 0.1) is 0 Å². The van der Waals surface area contributed by atoms with Crippen LogP contribution in [0.15, 0.2) is 34.9 Å². The summed E-state index contributed by atoms with van der Waals surface area (Å²) in [6.45, 7) is 0. The molecule has 0 aliphatic carbocycles. The number of carbonyl (C=O) groups excluding carboxylic acids is 1. The lowest BCUT2D eigenvalue weighted by Crippen LogP contribution is -2.43. The van der Waals surface area contributed by atoms with E-state index in [0.29, 0.717) is 17.8 Å². The summed E-state index contributed by atoms with van der Waals surface area (Å²) in [6, 6.07) is 7.65. The first kappa shape index (κ1) is 13.3. The van der Waals surface area contributed by atoms with Crippen molar-refractivity contribution in [3.05, 3.63) is 36.4 Å². The Morgan fingerprint density at radius 2 is 2.14 bits per heavy atom. The Bertz CT molecular complexity index is 695. The van der Waals surface area contributed by atoms with E-state index >= 15 is 0 Å². The van der Waals surface area contributed by atoms with Gasteiger partial charge < -0.3 is 20.2 Å². The van der Waals surface area contributed by atoms with E-state index in [2.05, 4.69) is 15.6 Å². The zero-order valence-electron chi connectivity index (χ0n) is 12.0. The molecule has 1 amide bonds. The number of oxazole rings is 1. The molecule has 2 saturated heterocycles. The highest BCUT2D eigenvalue weighted by molar-refractivity contribution is 5.90. The number of benzene rings is 1. The maximum atomic E-state index is 12.2. The quantitative estimate of drug-likeness (QED) is 0.802. The third kappa shape index (κ3) is 2.35. The lowest BCUT2D eigenvalue weighted by molar-refractivity contribution is 0.0896. The minimum atomic E-state index is -0.274. The maximum Gasteiger partial charge on any atom is 0.307 e. The van der Waals surface area contributed by atoms with Crippen LogP contribution in [0.5, 0.6) is 5.75 Å². The van der Waals surface area contributed by atoms with Crippen LogP contribution in [-0.2, 0) is 0 Å². The Balaban J connectivity index is 1.46. The van der Waals surface area contributed by atoms with Gasteiger partial charge in [0.2, 0.25) is 0 Å². The molecule has 2 aromatic rings. The number of aromatic hydroxyl groups is 1. The third-order valence-electron chi connectivity index (χ3n) is 4.47. The van der Waals surface area contributed by atoms with Gasteiger partial charge in [-0.3, -0.25) is 4.79 Å². The number of carbonyl (C=O) groups is 1. The van der Waals surface area contributed by atoms with Crippen LogP contribution >= 0.6 is 0 Å². The zero-order valence-corrected chi connectivity index (χ0v) is 12.0. The molecular formula is C16H17N3O3. The van der Waals surface area contributed by atoms with Crippen LogP contribution in [0.2, 0.25) is 0 Å². The predicted molar refractivity (Wildman–Crippen MR) is 79.4 cm³/mol. The van der Waals surface area contributed by atoms with Crippen molar-refractivity contribution in [3.63, 3.8) is 0 Å². The summed E-state index contributed by atoms with van der Waals surface area (Å²) in [5.74, 6) is 0.497. The fourth-order valence-electron chi connectivity index (χ4n) is 3.35. The maximum absolute atomic E-state index is 12.2. The molecule has 6 heteroatoms.